The van der Waals surface area contributed by atoms with E-state index in [1.165, 1.54) is 38.0 Å². The fourth-order valence-corrected chi connectivity index (χ4v) is 6.38. The Labute approximate surface area is 376 Å². The quantitative estimate of drug-likeness (QED) is 0.0912. The molecule has 50 heavy (non-hydrogen) atoms. The second-order valence-corrected chi connectivity index (χ2v) is 15.0. The summed E-state index contributed by atoms with van der Waals surface area (Å²) in [6, 6.07) is 41.1. The van der Waals surface area contributed by atoms with Crippen molar-refractivity contribution in [3.8, 4) is 22.6 Å². The molecule has 3 nitrogen and oxygen atoms in total. The van der Waals surface area contributed by atoms with Crippen LogP contribution in [0, 0.1) is 101 Å². The zero-order chi connectivity index (χ0) is 34.8. The van der Waals surface area contributed by atoms with E-state index in [2.05, 4.69) is 110 Å². The van der Waals surface area contributed by atoms with Gasteiger partial charge in [-0.25, -0.2) is 0 Å². The van der Waals surface area contributed by atoms with Crippen LogP contribution >= 0.6 is 28.6 Å². The van der Waals surface area contributed by atoms with Gasteiger partial charge in [-0.1, -0.05) is 132 Å². The summed E-state index contributed by atoms with van der Waals surface area (Å²) in [5.41, 5.74) is 13.7. The van der Waals surface area contributed by atoms with E-state index < -0.39 is 5.54 Å². The van der Waals surface area contributed by atoms with E-state index >= 15 is 0 Å². The van der Waals surface area contributed by atoms with E-state index in [4.69, 9.17) is 28.9 Å². The van der Waals surface area contributed by atoms with Crippen molar-refractivity contribution in [2.75, 3.05) is 14.2 Å². The van der Waals surface area contributed by atoms with Crippen LogP contribution in [0.5, 0.6) is 11.5 Å². The Morgan fingerprint density at radius 2 is 1.06 bits per heavy atom. The first-order chi connectivity index (χ1) is 23.1. The predicted octanol–water partition coefficient (Wildman–Crippen LogP) is 11.8. The molecule has 0 heterocycles. The van der Waals surface area contributed by atoms with Gasteiger partial charge in [0.1, 0.15) is 11.5 Å². The molecule has 268 valence electrons. The molecule has 2 atom stereocenters. The van der Waals surface area contributed by atoms with Crippen LogP contribution in [-0.4, -0.2) is 14.2 Å². The van der Waals surface area contributed by atoms with Gasteiger partial charge in [-0.05, 0) is 45.7 Å². The SMILES string of the molecule is [Ar].[Ar].[CH2-][C@@H](C(C)C)C([NH-])(c1ccc(OC)cc1)c1ccc(OC)cc1.[CH2-]c1ccc2ccccc2c1-c1c(P)ccc2ccccc12.[Cl][Ru][Cl]. The second kappa shape index (κ2) is 22.0. The molecule has 0 aliphatic rings. The maximum atomic E-state index is 9.25. The molecule has 0 bridgehead atoms. The number of benzene rings is 6. The summed E-state index contributed by atoms with van der Waals surface area (Å²) in [6.07, 6.45) is 0. The fourth-order valence-electron chi connectivity index (χ4n) is 5.98. The van der Waals surface area contributed by atoms with Crippen molar-refractivity contribution in [1.29, 1.82) is 0 Å². The van der Waals surface area contributed by atoms with Gasteiger partial charge in [0.15, 0.2) is 0 Å². The zero-order valence-electron chi connectivity index (χ0n) is 28.3. The Morgan fingerprint density at radius 1 is 0.660 bits per heavy atom. The van der Waals surface area contributed by atoms with Crippen molar-refractivity contribution in [1.82, 2.24) is 0 Å². The number of fused-ring (bicyclic) bond motifs is 2. The van der Waals surface area contributed by atoms with Crippen LogP contribution in [-0.2, 0) is 20.7 Å². The number of methoxy groups -OCH3 is 2. The van der Waals surface area contributed by atoms with Crippen molar-refractivity contribution in [3.05, 3.63) is 158 Å². The summed E-state index contributed by atoms with van der Waals surface area (Å²) in [7, 11) is 15.9. The van der Waals surface area contributed by atoms with Crippen molar-refractivity contribution >= 4 is 55.5 Å². The van der Waals surface area contributed by atoms with E-state index in [-0.39, 0.29) is 102 Å². The molecule has 0 aromatic heterocycles. The van der Waals surface area contributed by atoms with Crippen molar-refractivity contribution in [3.63, 3.8) is 0 Å². The number of hydrogen-bond donors (Lipinski definition) is 0. The van der Waals surface area contributed by atoms with E-state index in [0.717, 1.165) is 28.2 Å². The molecule has 6 aromatic carbocycles. The minimum atomic E-state index is -0.924. The summed E-state index contributed by atoms with van der Waals surface area (Å²) in [6.45, 7) is 12.8. The number of hydrogen-bond acceptors (Lipinski definition) is 2. The van der Waals surface area contributed by atoms with Crippen molar-refractivity contribution < 1.29 is 100 Å². The van der Waals surface area contributed by atoms with Crippen LogP contribution in [0.25, 0.3) is 38.4 Å². The topological polar surface area (TPSA) is 42.3 Å². The fraction of sp³-hybridized carbons (Fsp3) is 0.171. The molecule has 0 amide bonds. The molecule has 0 aliphatic heterocycles. The number of ether oxygens (including phenoxy) is 2. The summed E-state index contributed by atoms with van der Waals surface area (Å²) in [5, 5.41) is 6.25. The summed E-state index contributed by atoms with van der Waals surface area (Å²) in [4.78, 5) is 0. The molecule has 0 spiro atoms. The standard InChI is InChI=1S/C21H16P.C20H25NO2.2Ar.2ClH.Ru/c1-14-10-11-15-6-2-4-8-17(15)20(14)21-18-9-5-3-7-16(18)12-13-19(21)22;1-14(2)15(3)20(21,16-6-10-18(22-4)11-7-16)17-8-12-19(23-5)13-9-17;;;;;/h2-13H,1,22H2;6-15,21H,3H2,1-2,4-5H3;;;2*1H;/q-1;-2;;;;;+2/p-2/t;15-;;;;;/m.0...../s1. The van der Waals surface area contributed by atoms with Gasteiger partial charge in [-0.2, -0.15) is 24.5 Å². The molecule has 0 saturated heterocycles. The summed E-state index contributed by atoms with van der Waals surface area (Å²) in [5.74, 6) is 1.76. The molecule has 0 aliphatic carbocycles. The molecule has 0 fully saturated rings. The zero-order valence-corrected chi connectivity index (χ0v) is 34.1. The van der Waals surface area contributed by atoms with Gasteiger partial charge in [0.25, 0.3) is 0 Å². The van der Waals surface area contributed by atoms with Gasteiger partial charge in [0.2, 0.25) is 0 Å². The third-order valence-corrected chi connectivity index (χ3v) is 9.16. The van der Waals surface area contributed by atoms with Gasteiger partial charge in [0, 0.05) is 75.5 Å². The molecule has 6 aromatic rings. The van der Waals surface area contributed by atoms with Crippen LogP contribution in [0.2, 0.25) is 0 Å². The number of rotatable bonds is 7. The van der Waals surface area contributed by atoms with Crippen LogP contribution in [0.3, 0.4) is 0 Å². The molecule has 0 radical (unpaired) electrons. The van der Waals surface area contributed by atoms with Crippen molar-refractivity contribution in [2.45, 2.75) is 19.4 Å². The van der Waals surface area contributed by atoms with Crippen LogP contribution in [0.4, 0.5) is 0 Å². The van der Waals surface area contributed by atoms with E-state index in [0.29, 0.717) is 0 Å². The Balaban J connectivity index is 0.000000310. The molecule has 1 unspecified atom stereocenters. The molecule has 6 rings (SSSR count). The minimum absolute atomic E-state index is 0. The van der Waals surface area contributed by atoms with Crippen LogP contribution in [0.1, 0.15) is 30.5 Å². The predicted molar refractivity (Wildman–Crippen MR) is 207 cm³/mol. The Morgan fingerprint density at radius 3 is 1.48 bits per heavy atom. The van der Waals surface area contributed by atoms with Gasteiger partial charge in [-0.15, -0.1) is 20.9 Å². The average Bonchev–Trinajstić information content (AvgIpc) is 3.12. The molecule has 1 N–H and O–H groups in total. The number of halogens is 2. The maximum absolute atomic E-state index is 9.25. The first-order valence-corrected chi connectivity index (χ1v) is 20.5. The summed E-state index contributed by atoms with van der Waals surface area (Å²) < 4.78 is 10.5. The third-order valence-electron chi connectivity index (χ3n) is 8.68. The van der Waals surface area contributed by atoms with Crippen LogP contribution < -0.4 is 14.8 Å². The second-order valence-electron chi connectivity index (χ2n) is 11.7. The van der Waals surface area contributed by atoms with Gasteiger partial charge < -0.3 is 22.1 Å². The Bertz CT molecular complexity index is 1810. The molecular formula is C41H41Ar2Cl2NO2PRu-3. The van der Waals surface area contributed by atoms with E-state index in [9.17, 15) is 5.73 Å². The van der Waals surface area contributed by atoms with Gasteiger partial charge in [0.05, 0.1) is 14.2 Å². The monoisotopic (exact) mass is 862 g/mol. The molecular weight excluding hydrogens is 821 g/mol. The number of nitrogens with one attached hydrogen (secondary N) is 1. The first-order valence-electron chi connectivity index (χ1n) is 15.4. The molecule has 9 heteroatoms. The third kappa shape index (κ3) is 10.8. The molecule has 0 saturated carbocycles. The van der Waals surface area contributed by atoms with E-state index in [1.807, 2.05) is 48.5 Å². The van der Waals surface area contributed by atoms with Crippen molar-refractivity contribution in [2.24, 2.45) is 11.8 Å². The Hall–Kier alpha value is -0.577. The normalized spacial score (nSPS) is 11.3. The average molecular weight is 863 g/mol. The summed E-state index contributed by atoms with van der Waals surface area (Å²) >= 11 is -0.346. The first kappa shape index (κ1) is 45.6. The van der Waals surface area contributed by atoms with Gasteiger partial charge in [-0.3, -0.25) is 0 Å². The van der Waals surface area contributed by atoms with Crippen LogP contribution in [0.15, 0.2) is 121 Å². The van der Waals surface area contributed by atoms with Gasteiger partial charge >= 0.3 is 34.5 Å². The Kier molecular flexibility index (Phi) is 20.0. The van der Waals surface area contributed by atoms with E-state index in [1.54, 1.807) is 14.2 Å².